The molecule has 5 nitrogen and oxygen atoms in total. The van der Waals surface area contributed by atoms with Gasteiger partial charge in [0, 0.05) is 24.2 Å². The first kappa shape index (κ1) is 24.2. The van der Waals surface area contributed by atoms with E-state index in [1.54, 1.807) is 42.5 Å². The molecule has 0 radical (unpaired) electrons. The number of carboxylic acids is 1. The number of hydrogen-bond donors (Lipinski definition) is 2. The topological polar surface area (TPSA) is 67.8 Å². The molecule has 0 aromatic heterocycles. The van der Waals surface area contributed by atoms with Crippen molar-refractivity contribution in [3.8, 4) is 11.5 Å². The maximum atomic E-state index is 13.9. The van der Waals surface area contributed by atoms with Gasteiger partial charge in [0.2, 0.25) is 0 Å². The van der Waals surface area contributed by atoms with Gasteiger partial charge in [0.05, 0.1) is 12.2 Å². The second-order valence-corrected chi connectivity index (χ2v) is 6.66. The fraction of sp³-hybridized carbons (Fsp3) is 0.208. The average molecular weight is 446 g/mol. The predicted octanol–water partition coefficient (Wildman–Crippen LogP) is 5.21. The van der Waals surface area contributed by atoms with E-state index in [9.17, 15) is 9.18 Å². The smallest absolute Gasteiger partial charge is 0.335 e. The van der Waals surface area contributed by atoms with Crippen molar-refractivity contribution < 1.29 is 23.8 Å². The summed E-state index contributed by atoms with van der Waals surface area (Å²) in [5.41, 5.74) is 2.59. The summed E-state index contributed by atoms with van der Waals surface area (Å²) < 4.78 is 25.6. The highest BCUT2D eigenvalue weighted by atomic mass is 35.5. The SMILES string of the molecule is CCOc1cccc(CNCc2ccc(C(=O)O)cc2)c1OCc1ccccc1F.Cl. The number of hydrogen-bond acceptors (Lipinski definition) is 4. The Labute approximate surface area is 187 Å². The highest BCUT2D eigenvalue weighted by Crippen LogP contribution is 2.32. The molecule has 7 heteroatoms. The molecule has 2 N–H and O–H groups in total. The Kier molecular flexibility index (Phi) is 9.31. The largest absolute Gasteiger partial charge is 0.490 e. The lowest BCUT2D eigenvalue weighted by molar-refractivity contribution is 0.0697. The van der Waals surface area contributed by atoms with Crippen LogP contribution in [0.2, 0.25) is 0 Å². The van der Waals surface area contributed by atoms with Gasteiger partial charge in [-0.1, -0.05) is 42.5 Å². The fourth-order valence-corrected chi connectivity index (χ4v) is 3.01. The van der Waals surface area contributed by atoms with Crippen LogP contribution in [-0.2, 0) is 19.7 Å². The number of nitrogens with one attached hydrogen (secondary N) is 1. The number of para-hydroxylation sites is 1. The van der Waals surface area contributed by atoms with E-state index in [4.69, 9.17) is 14.6 Å². The van der Waals surface area contributed by atoms with Crippen LogP contribution in [0.25, 0.3) is 0 Å². The molecule has 164 valence electrons. The van der Waals surface area contributed by atoms with Crippen LogP contribution in [0.1, 0.15) is 34.0 Å². The third-order valence-electron chi connectivity index (χ3n) is 4.54. The number of aromatic carboxylic acids is 1. The normalized spacial score (nSPS) is 10.3. The number of ether oxygens (including phenoxy) is 2. The lowest BCUT2D eigenvalue weighted by Crippen LogP contribution is -2.14. The Morgan fingerprint density at radius 1 is 0.935 bits per heavy atom. The van der Waals surface area contributed by atoms with Gasteiger partial charge >= 0.3 is 5.97 Å². The highest BCUT2D eigenvalue weighted by Gasteiger charge is 2.12. The second kappa shape index (κ2) is 11.9. The van der Waals surface area contributed by atoms with E-state index < -0.39 is 5.97 Å². The molecule has 0 bridgehead atoms. The lowest BCUT2D eigenvalue weighted by Gasteiger charge is -2.17. The first-order valence-electron chi connectivity index (χ1n) is 9.72. The number of rotatable bonds is 10. The van der Waals surface area contributed by atoms with Gasteiger partial charge in [-0.05, 0) is 36.8 Å². The van der Waals surface area contributed by atoms with Gasteiger partial charge in [-0.15, -0.1) is 12.4 Å². The van der Waals surface area contributed by atoms with Crippen LogP contribution in [0.5, 0.6) is 11.5 Å². The third-order valence-corrected chi connectivity index (χ3v) is 4.54. The van der Waals surface area contributed by atoms with Gasteiger partial charge in [0.25, 0.3) is 0 Å². The average Bonchev–Trinajstić information content (AvgIpc) is 2.75. The van der Waals surface area contributed by atoms with Gasteiger partial charge in [0.15, 0.2) is 11.5 Å². The summed E-state index contributed by atoms with van der Waals surface area (Å²) in [6, 6.07) is 18.9. The molecule has 3 rings (SSSR count). The zero-order valence-corrected chi connectivity index (χ0v) is 18.0. The first-order chi connectivity index (χ1) is 14.6. The predicted molar refractivity (Wildman–Crippen MR) is 120 cm³/mol. The fourth-order valence-electron chi connectivity index (χ4n) is 3.01. The van der Waals surface area contributed by atoms with Crippen molar-refractivity contribution in [3.05, 3.63) is 94.8 Å². The zero-order chi connectivity index (χ0) is 21.3. The lowest BCUT2D eigenvalue weighted by atomic mass is 10.1. The van der Waals surface area contributed by atoms with E-state index in [0.29, 0.717) is 36.8 Å². The third kappa shape index (κ3) is 6.70. The Bertz CT molecular complexity index is 995. The molecule has 0 atom stereocenters. The van der Waals surface area contributed by atoms with Crippen LogP contribution in [0.3, 0.4) is 0 Å². The molecule has 0 unspecified atom stereocenters. The number of halogens is 2. The minimum absolute atomic E-state index is 0. The van der Waals surface area contributed by atoms with E-state index in [2.05, 4.69) is 5.32 Å². The van der Waals surface area contributed by atoms with Crippen molar-refractivity contribution in [3.63, 3.8) is 0 Å². The minimum Gasteiger partial charge on any atom is -0.490 e. The Hall–Kier alpha value is -3.09. The van der Waals surface area contributed by atoms with E-state index in [1.807, 2.05) is 25.1 Å². The van der Waals surface area contributed by atoms with Crippen LogP contribution < -0.4 is 14.8 Å². The van der Waals surface area contributed by atoms with Crippen molar-refractivity contribution >= 4 is 18.4 Å². The zero-order valence-electron chi connectivity index (χ0n) is 17.1. The second-order valence-electron chi connectivity index (χ2n) is 6.66. The molecule has 0 aliphatic rings. The van der Waals surface area contributed by atoms with Gasteiger partial charge in [-0.2, -0.15) is 0 Å². The summed E-state index contributed by atoms with van der Waals surface area (Å²) in [6.07, 6.45) is 0. The summed E-state index contributed by atoms with van der Waals surface area (Å²) in [6.45, 7) is 3.55. The van der Waals surface area contributed by atoms with E-state index in [-0.39, 0.29) is 30.4 Å². The van der Waals surface area contributed by atoms with Crippen LogP contribution >= 0.6 is 12.4 Å². The van der Waals surface area contributed by atoms with Crippen LogP contribution in [-0.4, -0.2) is 17.7 Å². The van der Waals surface area contributed by atoms with Crippen LogP contribution in [0.15, 0.2) is 66.7 Å². The van der Waals surface area contributed by atoms with Gasteiger partial charge < -0.3 is 19.9 Å². The summed E-state index contributed by atoms with van der Waals surface area (Å²) in [7, 11) is 0. The molecule has 31 heavy (non-hydrogen) atoms. The molecule has 0 saturated heterocycles. The Morgan fingerprint density at radius 3 is 2.32 bits per heavy atom. The van der Waals surface area contributed by atoms with Crippen molar-refractivity contribution in [1.82, 2.24) is 5.32 Å². The highest BCUT2D eigenvalue weighted by molar-refractivity contribution is 5.87. The Morgan fingerprint density at radius 2 is 1.65 bits per heavy atom. The molecule has 0 amide bonds. The molecule has 3 aromatic carbocycles. The maximum Gasteiger partial charge on any atom is 0.335 e. The van der Waals surface area contributed by atoms with Crippen LogP contribution in [0, 0.1) is 5.82 Å². The molecule has 0 heterocycles. The molecular formula is C24H25ClFNO4. The molecule has 3 aromatic rings. The minimum atomic E-state index is -0.945. The van der Waals surface area contributed by atoms with Crippen molar-refractivity contribution in [2.75, 3.05) is 6.61 Å². The molecule has 0 fully saturated rings. The van der Waals surface area contributed by atoms with Gasteiger partial charge in [-0.3, -0.25) is 0 Å². The summed E-state index contributed by atoms with van der Waals surface area (Å²) in [5.74, 6) is -0.0648. The van der Waals surface area contributed by atoms with Crippen molar-refractivity contribution in [2.24, 2.45) is 0 Å². The number of benzene rings is 3. The van der Waals surface area contributed by atoms with Crippen molar-refractivity contribution in [1.29, 1.82) is 0 Å². The molecular weight excluding hydrogens is 421 g/mol. The van der Waals surface area contributed by atoms with E-state index >= 15 is 0 Å². The first-order valence-corrected chi connectivity index (χ1v) is 9.72. The Balaban J connectivity index is 0.00000341. The van der Waals surface area contributed by atoms with E-state index in [1.165, 1.54) is 6.07 Å². The van der Waals surface area contributed by atoms with Gasteiger partial charge in [-0.25, -0.2) is 9.18 Å². The number of carbonyl (C=O) groups is 1. The molecule has 0 spiro atoms. The summed E-state index contributed by atoms with van der Waals surface area (Å²) in [4.78, 5) is 11.0. The quantitative estimate of drug-likeness (QED) is 0.448. The molecule has 0 saturated carbocycles. The monoisotopic (exact) mass is 445 g/mol. The molecule has 0 aliphatic heterocycles. The van der Waals surface area contributed by atoms with Crippen molar-refractivity contribution in [2.45, 2.75) is 26.6 Å². The summed E-state index contributed by atoms with van der Waals surface area (Å²) >= 11 is 0. The number of carboxylic acid groups (broad SMARTS) is 1. The molecule has 0 aliphatic carbocycles. The standard InChI is InChI=1S/C24H24FNO4.ClH/c1-2-29-22-9-5-7-19(23(22)30-16-20-6-3-4-8-21(20)25)15-26-14-17-10-12-18(13-11-17)24(27)28;/h3-13,26H,2,14-16H2,1H3,(H,27,28);1H. The van der Waals surface area contributed by atoms with Gasteiger partial charge in [0.1, 0.15) is 12.4 Å². The van der Waals surface area contributed by atoms with E-state index in [0.717, 1.165) is 11.1 Å². The van der Waals surface area contributed by atoms with Crippen LogP contribution in [0.4, 0.5) is 4.39 Å². The maximum absolute atomic E-state index is 13.9. The summed E-state index contributed by atoms with van der Waals surface area (Å²) in [5, 5.41) is 12.3.